The summed E-state index contributed by atoms with van der Waals surface area (Å²) >= 11 is 0. The van der Waals surface area contributed by atoms with Gasteiger partial charge in [-0.25, -0.2) is 4.98 Å². The number of nitrogens with zero attached hydrogens (tertiary/aromatic N) is 2. The van der Waals surface area contributed by atoms with Crippen molar-refractivity contribution in [2.75, 3.05) is 0 Å². The minimum Gasteiger partial charge on any atom is -0.383 e. The third-order valence-corrected chi connectivity index (χ3v) is 2.16. The SMILES string of the molecule is CC(C)(O)c1nccn1C1CC1. The first-order valence-electron chi connectivity index (χ1n) is 4.35. The van der Waals surface area contributed by atoms with E-state index in [-0.39, 0.29) is 0 Å². The number of imidazole rings is 1. The van der Waals surface area contributed by atoms with E-state index in [0.717, 1.165) is 5.82 Å². The molecule has 1 fully saturated rings. The molecule has 3 nitrogen and oxygen atoms in total. The predicted octanol–water partition coefficient (Wildman–Crippen LogP) is 1.45. The van der Waals surface area contributed by atoms with Gasteiger partial charge < -0.3 is 9.67 Å². The average Bonchev–Trinajstić information content (AvgIpc) is 2.65. The summed E-state index contributed by atoms with van der Waals surface area (Å²) in [6.07, 6.45) is 6.15. The summed E-state index contributed by atoms with van der Waals surface area (Å²) in [4.78, 5) is 4.16. The van der Waals surface area contributed by atoms with Crippen LogP contribution in [0.4, 0.5) is 0 Å². The van der Waals surface area contributed by atoms with E-state index in [1.165, 1.54) is 12.8 Å². The van der Waals surface area contributed by atoms with E-state index in [9.17, 15) is 5.11 Å². The van der Waals surface area contributed by atoms with Gasteiger partial charge in [-0.1, -0.05) is 0 Å². The van der Waals surface area contributed by atoms with Crippen molar-refractivity contribution in [3.8, 4) is 0 Å². The van der Waals surface area contributed by atoms with Crippen LogP contribution in [0.2, 0.25) is 0 Å². The molecule has 0 aromatic carbocycles. The van der Waals surface area contributed by atoms with Crippen molar-refractivity contribution < 1.29 is 5.11 Å². The molecule has 0 amide bonds. The van der Waals surface area contributed by atoms with Crippen LogP contribution >= 0.6 is 0 Å². The molecule has 1 aromatic rings. The van der Waals surface area contributed by atoms with Gasteiger partial charge in [-0.15, -0.1) is 0 Å². The van der Waals surface area contributed by atoms with Crippen LogP contribution in [0.15, 0.2) is 12.4 Å². The number of rotatable bonds is 2. The molecule has 1 saturated carbocycles. The van der Waals surface area contributed by atoms with E-state index in [1.807, 2.05) is 6.20 Å². The maximum Gasteiger partial charge on any atom is 0.140 e. The molecular weight excluding hydrogens is 152 g/mol. The lowest BCUT2D eigenvalue weighted by Gasteiger charge is -2.18. The van der Waals surface area contributed by atoms with Gasteiger partial charge in [0.05, 0.1) is 0 Å². The van der Waals surface area contributed by atoms with Crippen molar-refractivity contribution in [1.82, 2.24) is 9.55 Å². The molecule has 12 heavy (non-hydrogen) atoms. The highest BCUT2D eigenvalue weighted by atomic mass is 16.3. The average molecular weight is 166 g/mol. The Morgan fingerprint density at radius 1 is 1.58 bits per heavy atom. The molecule has 1 aliphatic carbocycles. The molecule has 0 radical (unpaired) electrons. The highest BCUT2D eigenvalue weighted by Crippen LogP contribution is 2.37. The van der Waals surface area contributed by atoms with Crippen molar-refractivity contribution in [3.63, 3.8) is 0 Å². The largest absolute Gasteiger partial charge is 0.383 e. The Morgan fingerprint density at radius 3 is 2.75 bits per heavy atom. The number of hydrogen-bond donors (Lipinski definition) is 1. The second-order valence-electron chi connectivity index (χ2n) is 3.95. The van der Waals surface area contributed by atoms with Crippen LogP contribution in [0.25, 0.3) is 0 Å². The van der Waals surface area contributed by atoms with Crippen molar-refractivity contribution in [2.45, 2.75) is 38.3 Å². The zero-order valence-corrected chi connectivity index (χ0v) is 7.49. The molecule has 0 aliphatic heterocycles. The fourth-order valence-electron chi connectivity index (χ4n) is 1.43. The molecule has 1 aliphatic rings. The molecule has 1 heterocycles. The Kier molecular flexibility index (Phi) is 1.51. The second kappa shape index (κ2) is 2.33. The fraction of sp³-hybridized carbons (Fsp3) is 0.667. The molecule has 0 bridgehead atoms. The Labute approximate surface area is 72.0 Å². The van der Waals surface area contributed by atoms with E-state index in [1.54, 1.807) is 20.0 Å². The summed E-state index contributed by atoms with van der Waals surface area (Å²) in [6, 6.07) is 0.592. The normalized spacial score (nSPS) is 18.2. The predicted molar refractivity (Wildman–Crippen MR) is 45.7 cm³/mol. The highest BCUT2D eigenvalue weighted by molar-refractivity contribution is 5.05. The lowest BCUT2D eigenvalue weighted by atomic mass is 10.1. The Balaban J connectivity index is 2.36. The third-order valence-electron chi connectivity index (χ3n) is 2.16. The number of aliphatic hydroxyl groups is 1. The van der Waals surface area contributed by atoms with Crippen LogP contribution < -0.4 is 0 Å². The van der Waals surface area contributed by atoms with Crippen LogP contribution in [0.1, 0.15) is 38.6 Å². The smallest absolute Gasteiger partial charge is 0.140 e. The van der Waals surface area contributed by atoms with Gasteiger partial charge in [-0.05, 0) is 26.7 Å². The standard InChI is InChI=1S/C9H14N2O/c1-9(2,12)8-10-5-6-11(8)7-3-4-7/h5-7,12H,3-4H2,1-2H3. The Bertz CT molecular complexity index is 281. The van der Waals surface area contributed by atoms with E-state index >= 15 is 0 Å². The van der Waals surface area contributed by atoms with Crippen molar-refractivity contribution in [3.05, 3.63) is 18.2 Å². The molecule has 0 atom stereocenters. The number of aromatic nitrogens is 2. The maximum absolute atomic E-state index is 9.75. The summed E-state index contributed by atoms with van der Waals surface area (Å²) < 4.78 is 2.08. The van der Waals surface area contributed by atoms with Crippen LogP contribution in [0.3, 0.4) is 0 Å². The quantitative estimate of drug-likeness (QED) is 0.722. The highest BCUT2D eigenvalue weighted by Gasteiger charge is 2.30. The van der Waals surface area contributed by atoms with Gasteiger partial charge in [-0.3, -0.25) is 0 Å². The topological polar surface area (TPSA) is 38.1 Å². The Morgan fingerprint density at radius 2 is 2.25 bits per heavy atom. The first-order valence-corrected chi connectivity index (χ1v) is 4.35. The monoisotopic (exact) mass is 166 g/mol. The summed E-state index contributed by atoms with van der Waals surface area (Å²) in [5.41, 5.74) is -0.813. The third kappa shape index (κ3) is 1.25. The van der Waals surface area contributed by atoms with Gasteiger partial charge in [0.2, 0.25) is 0 Å². The maximum atomic E-state index is 9.75. The van der Waals surface area contributed by atoms with Crippen molar-refractivity contribution >= 4 is 0 Å². The van der Waals surface area contributed by atoms with E-state index in [4.69, 9.17) is 0 Å². The summed E-state index contributed by atoms with van der Waals surface area (Å²) in [5, 5.41) is 9.75. The lowest BCUT2D eigenvalue weighted by Crippen LogP contribution is -2.21. The van der Waals surface area contributed by atoms with Gasteiger partial charge in [0.1, 0.15) is 11.4 Å². The minimum absolute atomic E-state index is 0.592. The summed E-state index contributed by atoms with van der Waals surface area (Å²) in [7, 11) is 0. The van der Waals surface area contributed by atoms with Crippen LogP contribution in [-0.4, -0.2) is 14.7 Å². The van der Waals surface area contributed by atoms with Gasteiger partial charge >= 0.3 is 0 Å². The van der Waals surface area contributed by atoms with Crippen LogP contribution in [0.5, 0.6) is 0 Å². The molecule has 0 saturated heterocycles. The minimum atomic E-state index is -0.813. The summed E-state index contributed by atoms with van der Waals surface area (Å²) in [5.74, 6) is 0.782. The van der Waals surface area contributed by atoms with Gasteiger partial charge in [0.15, 0.2) is 0 Å². The molecule has 66 valence electrons. The lowest BCUT2D eigenvalue weighted by molar-refractivity contribution is 0.0646. The first-order chi connectivity index (χ1) is 5.59. The van der Waals surface area contributed by atoms with E-state index < -0.39 is 5.60 Å². The van der Waals surface area contributed by atoms with Gasteiger partial charge in [-0.2, -0.15) is 0 Å². The first kappa shape index (κ1) is 7.80. The van der Waals surface area contributed by atoms with Gasteiger partial charge in [0.25, 0.3) is 0 Å². The van der Waals surface area contributed by atoms with Crippen LogP contribution in [0, 0.1) is 0 Å². The van der Waals surface area contributed by atoms with E-state index in [0.29, 0.717) is 6.04 Å². The van der Waals surface area contributed by atoms with Gasteiger partial charge in [0, 0.05) is 18.4 Å². The van der Waals surface area contributed by atoms with Crippen molar-refractivity contribution in [1.29, 1.82) is 0 Å². The van der Waals surface area contributed by atoms with Crippen LogP contribution in [-0.2, 0) is 5.60 Å². The Hall–Kier alpha value is -0.830. The molecule has 2 rings (SSSR count). The molecule has 1 N–H and O–H groups in total. The molecular formula is C9H14N2O. The zero-order valence-electron chi connectivity index (χ0n) is 7.49. The molecule has 1 aromatic heterocycles. The zero-order chi connectivity index (χ0) is 8.77. The molecule has 3 heteroatoms. The second-order valence-corrected chi connectivity index (χ2v) is 3.95. The summed E-state index contributed by atoms with van der Waals surface area (Å²) in [6.45, 7) is 3.54. The molecule has 0 unspecified atom stereocenters. The van der Waals surface area contributed by atoms with E-state index in [2.05, 4.69) is 9.55 Å². The molecule has 0 spiro atoms. The number of hydrogen-bond acceptors (Lipinski definition) is 2. The van der Waals surface area contributed by atoms with Crippen molar-refractivity contribution in [2.24, 2.45) is 0 Å². The fourth-order valence-corrected chi connectivity index (χ4v) is 1.43.